The minimum Gasteiger partial charge on any atom is -0.493 e. The van der Waals surface area contributed by atoms with Crippen molar-refractivity contribution < 1.29 is 23.5 Å². The van der Waals surface area contributed by atoms with Crippen molar-refractivity contribution in [3.05, 3.63) is 76.1 Å². The van der Waals surface area contributed by atoms with E-state index in [1.165, 1.54) is 7.11 Å². The summed E-state index contributed by atoms with van der Waals surface area (Å²) >= 11 is 6.13. The standard InChI is InChI=1S/C20H18ClNO5/c1-13-9-16(22-27-13)12-26-20(23)14-7-8-18(19(10-14)24-2)25-11-15-5-3-4-6-17(15)21/h3-10H,11-12H2,1-2H3. The first-order chi connectivity index (χ1) is 13.1. The van der Waals surface area contributed by atoms with Crippen molar-refractivity contribution in [1.82, 2.24) is 5.16 Å². The van der Waals surface area contributed by atoms with Crippen molar-refractivity contribution in [2.24, 2.45) is 0 Å². The molecule has 0 spiro atoms. The van der Waals surface area contributed by atoms with Gasteiger partial charge in [-0.25, -0.2) is 4.79 Å². The number of hydrogen-bond acceptors (Lipinski definition) is 6. The molecule has 2 aromatic carbocycles. The highest BCUT2D eigenvalue weighted by molar-refractivity contribution is 6.31. The molecule has 1 aromatic heterocycles. The summed E-state index contributed by atoms with van der Waals surface area (Å²) in [6.45, 7) is 2.08. The van der Waals surface area contributed by atoms with Crippen molar-refractivity contribution in [3.8, 4) is 11.5 Å². The number of ether oxygens (including phenoxy) is 3. The number of aryl methyl sites for hydroxylation is 1. The zero-order valence-corrected chi connectivity index (χ0v) is 15.7. The van der Waals surface area contributed by atoms with Gasteiger partial charge in [0.2, 0.25) is 0 Å². The summed E-state index contributed by atoms with van der Waals surface area (Å²) in [7, 11) is 1.50. The largest absolute Gasteiger partial charge is 0.493 e. The fraction of sp³-hybridized carbons (Fsp3) is 0.200. The van der Waals surface area contributed by atoms with Crippen LogP contribution in [0.3, 0.4) is 0 Å². The molecule has 0 bridgehead atoms. The van der Waals surface area contributed by atoms with Crippen LogP contribution in [0.15, 0.2) is 53.1 Å². The molecule has 0 radical (unpaired) electrons. The second kappa shape index (κ2) is 8.60. The number of benzene rings is 2. The summed E-state index contributed by atoms with van der Waals surface area (Å²) in [6, 6.07) is 14.0. The topological polar surface area (TPSA) is 70.8 Å². The summed E-state index contributed by atoms with van der Waals surface area (Å²) in [6.07, 6.45) is 0. The highest BCUT2D eigenvalue weighted by Crippen LogP contribution is 2.30. The Kier molecular flexibility index (Phi) is 5.98. The minimum absolute atomic E-state index is 0.0310. The highest BCUT2D eigenvalue weighted by Gasteiger charge is 2.14. The van der Waals surface area contributed by atoms with Gasteiger partial charge >= 0.3 is 5.97 Å². The zero-order valence-electron chi connectivity index (χ0n) is 14.9. The number of methoxy groups -OCH3 is 1. The van der Waals surface area contributed by atoms with E-state index in [0.717, 1.165) is 5.56 Å². The molecule has 3 aromatic rings. The van der Waals surface area contributed by atoms with Gasteiger partial charge in [0.25, 0.3) is 0 Å². The summed E-state index contributed by atoms with van der Waals surface area (Å²) in [4.78, 5) is 12.2. The van der Waals surface area contributed by atoms with Crippen LogP contribution in [-0.4, -0.2) is 18.2 Å². The molecule has 0 aliphatic rings. The monoisotopic (exact) mass is 387 g/mol. The fourth-order valence-electron chi connectivity index (χ4n) is 2.39. The van der Waals surface area contributed by atoms with Crippen molar-refractivity contribution in [1.29, 1.82) is 0 Å². The van der Waals surface area contributed by atoms with E-state index in [4.69, 9.17) is 30.3 Å². The summed E-state index contributed by atoms with van der Waals surface area (Å²) in [5, 5.41) is 4.41. The third-order valence-electron chi connectivity index (χ3n) is 3.77. The first-order valence-corrected chi connectivity index (χ1v) is 8.58. The average Bonchev–Trinajstić information content (AvgIpc) is 3.10. The third-order valence-corrected chi connectivity index (χ3v) is 4.14. The number of aromatic nitrogens is 1. The van der Waals surface area contributed by atoms with Gasteiger partial charge in [-0.2, -0.15) is 0 Å². The van der Waals surface area contributed by atoms with Gasteiger partial charge in [0.15, 0.2) is 11.5 Å². The van der Waals surface area contributed by atoms with Gasteiger partial charge in [-0.1, -0.05) is 35.0 Å². The maximum Gasteiger partial charge on any atom is 0.338 e. The van der Waals surface area contributed by atoms with Crippen LogP contribution in [0.2, 0.25) is 5.02 Å². The van der Waals surface area contributed by atoms with Gasteiger partial charge in [-0.05, 0) is 31.2 Å². The van der Waals surface area contributed by atoms with Crippen molar-refractivity contribution in [3.63, 3.8) is 0 Å². The van der Waals surface area contributed by atoms with Crippen LogP contribution in [0.5, 0.6) is 11.5 Å². The number of carbonyl (C=O) groups is 1. The van der Waals surface area contributed by atoms with E-state index in [2.05, 4.69) is 5.16 Å². The first-order valence-electron chi connectivity index (χ1n) is 8.20. The van der Waals surface area contributed by atoms with E-state index in [1.807, 2.05) is 18.2 Å². The Morgan fingerprint density at radius 3 is 2.63 bits per heavy atom. The van der Waals surface area contributed by atoms with Gasteiger partial charge in [0, 0.05) is 16.7 Å². The van der Waals surface area contributed by atoms with Crippen LogP contribution in [0, 0.1) is 6.92 Å². The molecule has 0 fully saturated rings. The van der Waals surface area contributed by atoms with E-state index in [0.29, 0.717) is 33.5 Å². The van der Waals surface area contributed by atoms with Crippen molar-refractivity contribution in [2.75, 3.05) is 7.11 Å². The predicted octanol–water partition coefficient (Wildman–Crippen LogP) is 4.58. The lowest BCUT2D eigenvalue weighted by Gasteiger charge is -2.12. The van der Waals surface area contributed by atoms with Gasteiger partial charge in [-0.3, -0.25) is 0 Å². The molecule has 0 aliphatic heterocycles. The molecule has 0 N–H and O–H groups in total. The Morgan fingerprint density at radius 2 is 1.93 bits per heavy atom. The number of nitrogens with zero attached hydrogens (tertiary/aromatic N) is 1. The van der Waals surface area contributed by atoms with E-state index in [1.54, 1.807) is 37.3 Å². The predicted molar refractivity (Wildman–Crippen MR) is 99.1 cm³/mol. The molecule has 0 saturated heterocycles. The molecular weight excluding hydrogens is 370 g/mol. The van der Waals surface area contributed by atoms with Crippen molar-refractivity contribution in [2.45, 2.75) is 20.1 Å². The summed E-state index contributed by atoms with van der Waals surface area (Å²) < 4.78 is 21.3. The maximum atomic E-state index is 12.2. The lowest BCUT2D eigenvalue weighted by Crippen LogP contribution is -2.06. The quantitative estimate of drug-likeness (QED) is 0.552. The van der Waals surface area contributed by atoms with E-state index >= 15 is 0 Å². The SMILES string of the molecule is COc1cc(C(=O)OCc2cc(C)on2)ccc1OCc1ccccc1Cl. The number of esters is 1. The molecule has 0 atom stereocenters. The number of hydrogen-bond donors (Lipinski definition) is 0. The Morgan fingerprint density at radius 1 is 1.11 bits per heavy atom. The van der Waals surface area contributed by atoms with Gasteiger partial charge in [-0.15, -0.1) is 0 Å². The third kappa shape index (κ3) is 4.80. The van der Waals surface area contributed by atoms with Gasteiger partial charge < -0.3 is 18.7 Å². The fourth-order valence-corrected chi connectivity index (χ4v) is 2.58. The van der Waals surface area contributed by atoms with Gasteiger partial charge in [0.1, 0.15) is 24.7 Å². The Bertz CT molecular complexity index is 938. The van der Waals surface area contributed by atoms with E-state index in [-0.39, 0.29) is 13.2 Å². The maximum absolute atomic E-state index is 12.2. The molecule has 0 unspecified atom stereocenters. The van der Waals surface area contributed by atoms with Crippen LogP contribution in [0.4, 0.5) is 0 Å². The molecule has 6 nitrogen and oxygen atoms in total. The average molecular weight is 388 g/mol. The number of halogens is 1. The molecule has 0 saturated carbocycles. The summed E-state index contributed by atoms with van der Waals surface area (Å²) in [5.74, 6) is 1.09. The lowest BCUT2D eigenvalue weighted by atomic mass is 10.2. The second-order valence-electron chi connectivity index (χ2n) is 5.75. The van der Waals surface area contributed by atoms with Crippen LogP contribution in [0.25, 0.3) is 0 Å². The number of carbonyl (C=O) groups excluding carboxylic acids is 1. The molecule has 0 aliphatic carbocycles. The second-order valence-corrected chi connectivity index (χ2v) is 6.16. The van der Waals surface area contributed by atoms with E-state index < -0.39 is 5.97 Å². The minimum atomic E-state index is -0.494. The zero-order chi connectivity index (χ0) is 19.2. The summed E-state index contributed by atoms with van der Waals surface area (Å²) in [5.41, 5.74) is 1.75. The Labute approximate surface area is 161 Å². The molecule has 1 heterocycles. The smallest absolute Gasteiger partial charge is 0.338 e. The Balaban J connectivity index is 1.66. The van der Waals surface area contributed by atoms with Gasteiger partial charge in [0.05, 0.1) is 12.7 Å². The van der Waals surface area contributed by atoms with Crippen LogP contribution >= 0.6 is 11.6 Å². The lowest BCUT2D eigenvalue weighted by molar-refractivity contribution is 0.0463. The molecule has 7 heteroatoms. The Hall–Kier alpha value is -2.99. The molecular formula is C20H18ClNO5. The first kappa shape index (κ1) is 18.8. The van der Waals surface area contributed by atoms with Crippen LogP contribution < -0.4 is 9.47 Å². The highest BCUT2D eigenvalue weighted by atomic mass is 35.5. The molecule has 140 valence electrons. The van der Waals surface area contributed by atoms with Crippen molar-refractivity contribution >= 4 is 17.6 Å². The molecule has 27 heavy (non-hydrogen) atoms. The van der Waals surface area contributed by atoms with E-state index in [9.17, 15) is 4.79 Å². The number of rotatable bonds is 7. The van der Waals surface area contributed by atoms with Crippen LogP contribution in [0.1, 0.15) is 27.4 Å². The van der Waals surface area contributed by atoms with Crippen LogP contribution in [-0.2, 0) is 18.0 Å². The molecule has 3 rings (SSSR count). The normalized spacial score (nSPS) is 10.5. The molecule has 0 amide bonds.